The lowest BCUT2D eigenvalue weighted by atomic mass is 9.76. The van der Waals surface area contributed by atoms with Gasteiger partial charge in [-0.2, -0.15) is 0 Å². The van der Waals surface area contributed by atoms with Crippen LogP contribution in [0.3, 0.4) is 0 Å². The van der Waals surface area contributed by atoms with Crippen molar-refractivity contribution in [1.29, 1.82) is 0 Å². The summed E-state index contributed by atoms with van der Waals surface area (Å²) in [6.45, 7) is 7.49. The molecule has 1 aliphatic heterocycles. The number of fused-ring (bicyclic) bond motifs is 3. The van der Waals surface area contributed by atoms with Crippen molar-refractivity contribution in [1.82, 2.24) is 0 Å². The smallest absolute Gasteiger partial charge is 0.456 e. The van der Waals surface area contributed by atoms with E-state index in [2.05, 4.69) is 0 Å². The molecular formula is C18H19BO3. The van der Waals surface area contributed by atoms with E-state index in [9.17, 15) is 0 Å². The molecule has 1 aliphatic rings. The van der Waals surface area contributed by atoms with Crippen LogP contribution in [0.15, 0.2) is 46.7 Å². The van der Waals surface area contributed by atoms with Crippen LogP contribution in [-0.4, -0.2) is 18.3 Å². The topological polar surface area (TPSA) is 31.6 Å². The Morgan fingerprint density at radius 2 is 1.59 bits per heavy atom. The predicted octanol–water partition coefficient (Wildman–Crippen LogP) is 3.89. The summed E-state index contributed by atoms with van der Waals surface area (Å²) < 4.78 is 66.7. The van der Waals surface area contributed by atoms with Crippen LogP contribution in [0.1, 0.15) is 35.9 Å². The van der Waals surface area contributed by atoms with Gasteiger partial charge in [-0.15, -0.1) is 0 Å². The molecule has 0 unspecified atom stereocenters. The Balaban J connectivity index is 2.13. The Kier molecular flexibility index (Phi) is 1.74. The molecule has 0 atom stereocenters. The second-order valence-electron chi connectivity index (χ2n) is 6.46. The summed E-state index contributed by atoms with van der Waals surface area (Å²) in [6.07, 6.45) is 0. The fourth-order valence-corrected chi connectivity index (χ4v) is 2.59. The lowest BCUT2D eigenvalue weighted by Crippen LogP contribution is -2.41. The SMILES string of the molecule is [2H]c1cc2c(oc3c([2H])c([2H])c([2H])c(B4OC(C)(C)C(C)(C)O4)c32)c([2H])c1[2H]. The van der Waals surface area contributed by atoms with E-state index in [1.54, 1.807) is 0 Å². The van der Waals surface area contributed by atoms with Gasteiger partial charge in [0, 0.05) is 10.8 Å². The van der Waals surface area contributed by atoms with Gasteiger partial charge in [-0.05, 0) is 45.2 Å². The molecule has 2 heterocycles. The molecule has 22 heavy (non-hydrogen) atoms. The van der Waals surface area contributed by atoms with Gasteiger partial charge >= 0.3 is 7.12 Å². The van der Waals surface area contributed by atoms with Crippen LogP contribution >= 0.6 is 0 Å². The van der Waals surface area contributed by atoms with Gasteiger partial charge in [0.1, 0.15) is 11.2 Å². The van der Waals surface area contributed by atoms with Gasteiger partial charge in [0.15, 0.2) is 0 Å². The Morgan fingerprint density at radius 1 is 0.909 bits per heavy atom. The van der Waals surface area contributed by atoms with Gasteiger partial charge in [-0.25, -0.2) is 0 Å². The van der Waals surface area contributed by atoms with E-state index < -0.39 is 18.3 Å². The maximum absolute atomic E-state index is 8.47. The minimum atomic E-state index is -0.968. The van der Waals surface area contributed by atoms with Gasteiger partial charge < -0.3 is 13.7 Å². The summed E-state index contributed by atoms with van der Waals surface area (Å²) in [4.78, 5) is 0. The van der Waals surface area contributed by atoms with Crippen LogP contribution < -0.4 is 5.46 Å². The van der Waals surface area contributed by atoms with Crippen LogP contribution in [0.25, 0.3) is 21.9 Å². The molecule has 0 amide bonds. The van der Waals surface area contributed by atoms with E-state index in [4.69, 9.17) is 22.0 Å². The van der Waals surface area contributed by atoms with Gasteiger partial charge in [0.05, 0.1) is 19.4 Å². The van der Waals surface area contributed by atoms with Crippen molar-refractivity contribution in [3.8, 4) is 0 Å². The highest BCUT2D eigenvalue weighted by Crippen LogP contribution is 2.37. The molecule has 2 aromatic carbocycles. The Morgan fingerprint density at radius 3 is 2.32 bits per heavy atom. The molecule has 4 rings (SSSR count). The van der Waals surface area contributed by atoms with Crippen molar-refractivity contribution >= 4 is 34.5 Å². The summed E-state index contributed by atoms with van der Waals surface area (Å²) in [6, 6.07) is -0.157. The zero-order chi connectivity index (χ0) is 20.8. The summed E-state index contributed by atoms with van der Waals surface area (Å²) >= 11 is 0. The van der Waals surface area contributed by atoms with E-state index in [0.29, 0.717) is 10.8 Å². The van der Waals surface area contributed by atoms with Crippen molar-refractivity contribution in [2.75, 3.05) is 0 Å². The number of para-hydroxylation sites is 1. The molecule has 1 saturated heterocycles. The van der Waals surface area contributed by atoms with E-state index >= 15 is 0 Å². The third-order valence-corrected chi connectivity index (χ3v) is 4.54. The van der Waals surface area contributed by atoms with Crippen molar-refractivity contribution in [2.45, 2.75) is 38.9 Å². The summed E-state index contributed by atoms with van der Waals surface area (Å²) in [5, 5.41) is 0.661. The highest BCUT2D eigenvalue weighted by Gasteiger charge is 2.52. The molecule has 4 heteroatoms. The first-order valence-electron chi connectivity index (χ1n) is 10.2. The lowest BCUT2D eigenvalue weighted by molar-refractivity contribution is 0.00578. The second kappa shape index (κ2) is 4.37. The molecule has 0 radical (unpaired) electrons. The molecule has 3 nitrogen and oxygen atoms in total. The minimum Gasteiger partial charge on any atom is -0.456 e. The normalized spacial score (nSPS) is 23.9. The Bertz CT molecular complexity index is 1140. The zero-order valence-corrected chi connectivity index (χ0v) is 12.9. The molecule has 1 fully saturated rings. The lowest BCUT2D eigenvalue weighted by Gasteiger charge is -2.32. The first-order valence-corrected chi connectivity index (χ1v) is 7.15. The monoisotopic (exact) mass is 300 g/mol. The zero-order valence-electron chi connectivity index (χ0n) is 18.9. The molecule has 0 saturated carbocycles. The molecule has 1 aromatic heterocycles. The van der Waals surface area contributed by atoms with Gasteiger partial charge in [-0.1, -0.05) is 30.2 Å². The van der Waals surface area contributed by atoms with Crippen molar-refractivity contribution in [3.63, 3.8) is 0 Å². The van der Waals surface area contributed by atoms with E-state index in [1.165, 1.54) is 6.07 Å². The number of benzene rings is 2. The Hall–Kier alpha value is -1.78. The van der Waals surface area contributed by atoms with Crippen LogP contribution in [0.5, 0.6) is 0 Å². The largest absolute Gasteiger partial charge is 0.495 e. The van der Waals surface area contributed by atoms with Gasteiger partial charge in [-0.3, -0.25) is 0 Å². The van der Waals surface area contributed by atoms with Crippen molar-refractivity contribution in [3.05, 3.63) is 42.3 Å². The second-order valence-corrected chi connectivity index (χ2v) is 6.46. The third-order valence-electron chi connectivity index (χ3n) is 4.54. The van der Waals surface area contributed by atoms with Gasteiger partial charge in [0.2, 0.25) is 0 Å². The standard InChI is InChI=1S/C18H19BO3/c1-17(2)18(3,4)22-19(21-17)13-9-7-11-15-16(13)12-8-5-6-10-14(12)20-15/h5-11H,1-4H3/i5D,6D,7D,9D,10D,11D. The van der Waals surface area contributed by atoms with Crippen LogP contribution in [0.2, 0.25) is 0 Å². The highest BCUT2D eigenvalue weighted by molar-refractivity contribution is 6.66. The fourth-order valence-electron chi connectivity index (χ4n) is 2.59. The minimum absolute atomic E-state index is 0.0270. The Labute approximate surface area is 138 Å². The summed E-state index contributed by atoms with van der Waals surface area (Å²) in [7, 11) is -0.968. The van der Waals surface area contributed by atoms with E-state index in [1.807, 2.05) is 27.7 Å². The van der Waals surface area contributed by atoms with E-state index in [0.717, 1.165) is 0 Å². The number of rotatable bonds is 1. The van der Waals surface area contributed by atoms with Crippen LogP contribution in [0.4, 0.5) is 0 Å². The number of hydrogen-bond donors (Lipinski definition) is 0. The molecular weight excluding hydrogens is 275 g/mol. The average molecular weight is 300 g/mol. The first kappa shape index (κ1) is 8.75. The molecule has 0 bridgehead atoms. The van der Waals surface area contributed by atoms with E-state index in [-0.39, 0.29) is 52.9 Å². The number of hydrogen-bond acceptors (Lipinski definition) is 3. The fraction of sp³-hybridized carbons (Fsp3) is 0.333. The highest BCUT2D eigenvalue weighted by atomic mass is 16.7. The maximum atomic E-state index is 8.47. The van der Waals surface area contributed by atoms with Crippen LogP contribution in [-0.2, 0) is 9.31 Å². The predicted molar refractivity (Wildman–Crippen MR) is 89.4 cm³/mol. The molecule has 0 aliphatic carbocycles. The van der Waals surface area contributed by atoms with Crippen molar-refractivity contribution < 1.29 is 22.0 Å². The molecule has 0 spiro atoms. The molecule has 3 aromatic rings. The summed E-state index contributed by atoms with van der Waals surface area (Å²) in [5.41, 5.74) is -1.03. The average Bonchev–Trinajstić information content (AvgIpc) is 3.06. The summed E-state index contributed by atoms with van der Waals surface area (Å²) in [5.74, 6) is 0. The first-order chi connectivity index (χ1) is 12.9. The van der Waals surface area contributed by atoms with Crippen molar-refractivity contribution in [2.24, 2.45) is 0 Å². The number of furan rings is 1. The quantitative estimate of drug-likeness (QED) is 0.639. The van der Waals surface area contributed by atoms with Gasteiger partial charge in [0.25, 0.3) is 0 Å². The molecule has 0 N–H and O–H groups in total. The molecule has 112 valence electrons. The van der Waals surface area contributed by atoms with Crippen LogP contribution in [0, 0.1) is 0 Å². The maximum Gasteiger partial charge on any atom is 0.495 e. The third kappa shape index (κ3) is 1.84.